The van der Waals surface area contributed by atoms with Gasteiger partial charge in [-0.2, -0.15) is 0 Å². The molecule has 24 heavy (non-hydrogen) atoms. The van der Waals surface area contributed by atoms with E-state index in [0.29, 0.717) is 0 Å². The molecule has 3 aromatic carbocycles. The quantitative estimate of drug-likeness (QED) is 0.314. The van der Waals surface area contributed by atoms with Crippen LogP contribution in [0.25, 0.3) is 0 Å². The Morgan fingerprint density at radius 3 is 1.08 bits per heavy atom. The van der Waals surface area contributed by atoms with Gasteiger partial charge in [0.05, 0.1) is 0 Å². The van der Waals surface area contributed by atoms with E-state index in [9.17, 15) is 0 Å². The monoisotopic (exact) mass is 409 g/mol. The molecule has 0 amide bonds. The number of nitrogens with zero attached hydrogens (tertiary/aromatic N) is 1. The molecule has 3 aromatic rings. The Hall–Kier alpha value is -1.02. The fourth-order valence-corrected chi connectivity index (χ4v) is 11.2. The molecule has 0 N–H and O–H groups in total. The van der Waals surface area contributed by atoms with Gasteiger partial charge in [-0.3, -0.25) is 4.41 Å². The number of rotatable bonds is 4. The number of hydrogen-bond acceptors (Lipinski definition) is 1. The number of benzene rings is 3. The van der Waals surface area contributed by atoms with Crippen LogP contribution in [-0.2, 0) is 0 Å². The summed E-state index contributed by atoms with van der Waals surface area (Å²) >= 11 is 18.9. The van der Waals surface area contributed by atoms with Crippen LogP contribution in [0.1, 0.15) is 0 Å². The van der Waals surface area contributed by atoms with Crippen LogP contribution in [0.2, 0.25) is 0 Å². The molecule has 0 atom stereocenters. The van der Waals surface area contributed by atoms with E-state index in [1.807, 2.05) is 54.6 Å². The molecule has 0 fully saturated rings. The molecule has 0 aromatic heterocycles. The summed E-state index contributed by atoms with van der Waals surface area (Å²) in [5, 5.41) is 3.25. The highest BCUT2D eigenvalue weighted by Gasteiger charge is 2.34. The average molecular weight is 411 g/mol. The minimum atomic E-state index is -3.25. The van der Waals surface area contributed by atoms with E-state index in [2.05, 4.69) is 36.4 Å². The summed E-state index contributed by atoms with van der Waals surface area (Å²) in [5.41, 5.74) is 0. The summed E-state index contributed by atoms with van der Waals surface area (Å²) in [7, 11) is -2.38. The lowest BCUT2D eigenvalue weighted by molar-refractivity contribution is 1.71. The summed E-state index contributed by atoms with van der Waals surface area (Å²) in [6.07, 6.45) is -3.25. The molecule has 0 bridgehead atoms. The maximum Gasteiger partial charge on any atom is 0.472 e. The number of hydrogen-bond donors (Lipinski definition) is 0. The lowest BCUT2D eigenvalue weighted by Crippen LogP contribution is -2.27. The standard InChI is InChI=1S/C18H15Cl3NPSi/c19-24(20,21)22-23(16-10-4-1-5-11-16,17-12-6-2-7-13-17)18-14-8-3-9-15-18/h1-15H. The van der Waals surface area contributed by atoms with Gasteiger partial charge in [-0.1, -0.05) is 91.0 Å². The summed E-state index contributed by atoms with van der Waals surface area (Å²) in [5.74, 6) is 0. The van der Waals surface area contributed by atoms with Gasteiger partial charge < -0.3 is 0 Å². The summed E-state index contributed by atoms with van der Waals surface area (Å²) in [6, 6.07) is 30.4. The van der Waals surface area contributed by atoms with Crippen molar-refractivity contribution < 1.29 is 0 Å². The van der Waals surface area contributed by atoms with Gasteiger partial charge in [-0.05, 0) is 15.9 Å². The van der Waals surface area contributed by atoms with E-state index in [0.717, 1.165) is 15.9 Å². The van der Waals surface area contributed by atoms with Crippen molar-refractivity contribution in [1.29, 1.82) is 0 Å². The summed E-state index contributed by atoms with van der Waals surface area (Å²) < 4.78 is 4.90. The lowest BCUT2D eigenvalue weighted by Gasteiger charge is -2.28. The van der Waals surface area contributed by atoms with Crippen molar-refractivity contribution in [2.75, 3.05) is 0 Å². The Balaban J connectivity index is 2.45. The van der Waals surface area contributed by atoms with Crippen LogP contribution in [-0.4, -0.2) is 6.16 Å². The van der Waals surface area contributed by atoms with Crippen LogP contribution in [0, 0.1) is 0 Å². The molecule has 0 saturated carbocycles. The summed E-state index contributed by atoms with van der Waals surface area (Å²) in [6.45, 7) is 0. The molecule has 0 aliphatic rings. The molecule has 0 heterocycles. The SMILES string of the molecule is Cl[Si](Cl)(Cl)N=P(c1ccccc1)(c1ccccc1)c1ccccc1. The van der Waals surface area contributed by atoms with Gasteiger partial charge in [0.25, 0.3) is 0 Å². The van der Waals surface area contributed by atoms with E-state index in [1.165, 1.54) is 0 Å². The van der Waals surface area contributed by atoms with Crippen LogP contribution in [0.4, 0.5) is 0 Å². The van der Waals surface area contributed by atoms with Crippen molar-refractivity contribution in [1.82, 2.24) is 0 Å². The predicted molar refractivity (Wildman–Crippen MR) is 111 cm³/mol. The molecule has 0 saturated heterocycles. The smallest absolute Gasteiger partial charge is 0.279 e. The fraction of sp³-hybridized carbons (Fsp3) is 0. The highest BCUT2D eigenvalue weighted by molar-refractivity contribution is 7.90. The third-order valence-electron chi connectivity index (χ3n) is 3.65. The largest absolute Gasteiger partial charge is 0.472 e. The van der Waals surface area contributed by atoms with Gasteiger partial charge in [-0.25, -0.2) is 0 Å². The van der Waals surface area contributed by atoms with Crippen molar-refractivity contribution in [3.05, 3.63) is 91.0 Å². The fourth-order valence-electron chi connectivity index (χ4n) is 2.72. The highest BCUT2D eigenvalue weighted by Crippen LogP contribution is 2.49. The van der Waals surface area contributed by atoms with E-state index < -0.39 is 13.2 Å². The topological polar surface area (TPSA) is 12.4 Å². The zero-order valence-electron chi connectivity index (χ0n) is 12.7. The Kier molecular flexibility index (Phi) is 5.54. The Bertz CT molecular complexity index is 746. The molecule has 0 aliphatic carbocycles. The second-order valence-electron chi connectivity index (χ2n) is 5.21. The minimum Gasteiger partial charge on any atom is -0.279 e. The van der Waals surface area contributed by atoms with E-state index in [1.54, 1.807) is 0 Å². The van der Waals surface area contributed by atoms with Gasteiger partial charge in [-0.15, -0.1) is 33.2 Å². The third-order valence-corrected chi connectivity index (χ3v) is 10.9. The van der Waals surface area contributed by atoms with Gasteiger partial charge in [0, 0.05) is 7.05 Å². The van der Waals surface area contributed by atoms with Crippen molar-refractivity contribution >= 4 is 62.4 Å². The lowest BCUT2D eigenvalue weighted by atomic mass is 10.4. The first-order valence-electron chi connectivity index (χ1n) is 7.39. The molecule has 3 rings (SSSR count). The van der Waals surface area contributed by atoms with Crippen LogP contribution in [0.5, 0.6) is 0 Å². The van der Waals surface area contributed by atoms with Gasteiger partial charge >= 0.3 is 6.16 Å². The predicted octanol–water partition coefficient (Wildman–Crippen LogP) is 5.32. The first-order valence-corrected chi connectivity index (χ1v) is 14.1. The molecule has 122 valence electrons. The highest BCUT2D eigenvalue weighted by atomic mass is 35.8. The van der Waals surface area contributed by atoms with E-state index in [-0.39, 0.29) is 0 Å². The maximum absolute atomic E-state index is 6.30. The third kappa shape index (κ3) is 3.79. The first-order chi connectivity index (χ1) is 11.5. The Labute approximate surface area is 157 Å². The molecule has 0 aliphatic heterocycles. The average Bonchev–Trinajstić information content (AvgIpc) is 2.61. The van der Waals surface area contributed by atoms with E-state index in [4.69, 9.17) is 37.6 Å². The van der Waals surface area contributed by atoms with Gasteiger partial charge in [0.15, 0.2) is 0 Å². The normalized spacial score (nSPS) is 12.0. The van der Waals surface area contributed by atoms with Crippen molar-refractivity contribution in [2.24, 2.45) is 4.41 Å². The molecule has 6 heteroatoms. The van der Waals surface area contributed by atoms with Crippen LogP contribution < -0.4 is 15.9 Å². The van der Waals surface area contributed by atoms with Crippen LogP contribution >= 0.6 is 40.3 Å². The van der Waals surface area contributed by atoms with Gasteiger partial charge in [0.2, 0.25) is 0 Å². The Morgan fingerprint density at radius 2 is 0.833 bits per heavy atom. The number of halogens is 3. The Morgan fingerprint density at radius 1 is 0.542 bits per heavy atom. The molecule has 1 nitrogen and oxygen atoms in total. The van der Waals surface area contributed by atoms with Crippen molar-refractivity contribution in [2.45, 2.75) is 0 Å². The van der Waals surface area contributed by atoms with Crippen molar-refractivity contribution in [3.8, 4) is 0 Å². The summed E-state index contributed by atoms with van der Waals surface area (Å²) in [4.78, 5) is 0. The van der Waals surface area contributed by atoms with E-state index >= 15 is 0 Å². The minimum absolute atomic E-state index is 1.08. The zero-order valence-corrected chi connectivity index (χ0v) is 16.9. The molecular weight excluding hydrogens is 396 g/mol. The van der Waals surface area contributed by atoms with Gasteiger partial charge in [0.1, 0.15) is 0 Å². The second-order valence-corrected chi connectivity index (χ2v) is 16.4. The maximum atomic E-state index is 6.30. The zero-order chi connectivity index (χ0) is 17.0. The van der Waals surface area contributed by atoms with Crippen LogP contribution in [0.3, 0.4) is 0 Å². The molecule has 0 radical (unpaired) electrons. The molecular formula is C18H15Cl3NPSi. The van der Waals surface area contributed by atoms with Crippen molar-refractivity contribution in [3.63, 3.8) is 0 Å². The van der Waals surface area contributed by atoms with Crippen LogP contribution in [0.15, 0.2) is 95.4 Å². The molecule has 0 spiro atoms. The molecule has 0 unspecified atom stereocenters. The second kappa shape index (κ2) is 7.47. The first kappa shape index (κ1) is 17.8.